The fourth-order valence-corrected chi connectivity index (χ4v) is 3.57. The molecule has 10 heteroatoms. The third-order valence-corrected chi connectivity index (χ3v) is 5.70. The highest BCUT2D eigenvalue weighted by Crippen LogP contribution is 2.18. The molecule has 32 heavy (non-hydrogen) atoms. The van der Waals surface area contributed by atoms with Gasteiger partial charge in [0.05, 0.1) is 4.90 Å². The van der Waals surface area contributed by atoms with Gasteiger partial charge >= 0.3 is 0 Å². The van der Waals surface area contributed by atoms with Crippen molar-refractivity contribution in [1.29, 1.82) is 0 Å². The van der Waals surface area contributed by atoms with E-state index in [1.165, 1.54) is 30.5 Å². The van der Waals surface area contributed by atoms with E-state index in [1.54, 1.807) is 51.1 Å². The smallest absolute Gasteiger partial charge is 0.264 e. The molecule has 0 saturated carbocycles. The highest BCUT2D eigenvalue weighted by atomic mass is 32.2. The maximum atomic E-state index is 12.6. The van der Waals surface area contributed by atoms with E-state index >= 15 is 0 Å². The highest BCUT2D eigenvalue weighted by molar-refractivity contribution is 7.92. The average molecular weight is 454 g/mol. The largest absolute Gasteiger partial charge is 0.326 e. The Hall–Kier alpha value is -3.79. The van der Waals surface area contributed by atoms with E-state index in [4.69, 9.17) is 0 Å². The van der Waals surface area contributed by atoms with Crippen molar-refractivity contribution in [2.24, 2.45) is 5.92 Å². The Morgan fingerprint density at radius 3 is 2.31 bits per heavy atom. The van der Waals surface area contributed by atoms with Crippen molar-refractivity contribution in [3.63, 3.8) is 0 Å². The third-order valence-electron chi connectivity index (χ3n) is 4.36. The van der Waals surface area contributed by atoms with Crippen LogP contribution in [0.3, 0.4) is 0 Å². The van der Waals surface area contributed by atoms with E-state index in [9.17, 15) is 18.0 Å². The summed E-state index contributed by atoms with van der Waals surface area (Å²) in [6.07, 6.45) is 1.46. The molecule has 0 unspecified atom stereocenters. The maximum absolute atomic E-state index is 12.6. The summed E-state index contributed by atoms with van der Waals surface area (Å²) >= 11 is 0. The first kappa shape index (κ1) is 22.9. The van der Waals surface area contributed by atoms with Gasteiger partial charge in [0.25, 0.3) is 15.9 Å². The topological polar surface area (TPSA) is 130 Å². The highest BCUT2D eigenvalue weighted by Gasteiger charge is 2.16. The van der Waals surface area contributed by atoms with Gasteiger partial charge in [0.1, 0.15) is 0 Å². The van der Waals surface area contributed by atoms with Gasteiger partial charge < -0.3 is 10.6 Å². The number of aryl methyl sites for hydroxylation is 1. The molecular weight excluding hydrogens is 430 g/mol. The molecule has 0 fully saturated rings. The second kappa shape index (κ2) is 9.56. The minimum Gasteiger partial charge on any atom is -0.326 e. The van der Waals surface area contributed by atoms with Crippen LogP contribution in [0.1, 0.15) is 29.9 Å². The number of benzene rings is 2. The van der Waals surface area contributed by atoms with Crippen LogP contribution in [0.15, 0.2) is 65.7 Å². The summed E-state index contributed by atoms with van der Waals surface area (Å²) in [7, 11) is -3.88. The molecule has 9 nitrogen and oxygen atoms in total. The lowest BCUT2D eigenvalue weighted by Crippen LogP contribution is -2.18. The van der Waals surface area contributed by atoms with Crippen LogP contribution in [-0.2, 0) is 14.8 Å². The van der Waals surface area contributed by atoms with E-state index in [-0.39, 0.29) is 22.7 Å². The van der Waals surface area contributed by atoms with E-state index in [2.05, 4.69) is 25.3 Å². The van der Waals surface area contributed by atoms with E-state index in [0.717, 1.165) is 0 Å². The standard InChI is InChI=1S/C22H23N5O4S/c1-14(2)20(28)26-18-6-4-5-16(13-18)21(29)25-17-7-9-19(10-8-17)32(30,31)27-22-23-12-11-15(3)24-22/h4-14H,1-3H3,(H,25,29)(H,26,28)(H,23,24,27). The predicted molar refractivity (Wildman–Crippen MR) is 122 cm³/mol. The number of hydrogen-bond acceptors (Lipinski definition) is 6. The molecule has 0 spiro atoms. The Kier molecular flexibility index (Phi) is 6.84. The minimum absolute atomic E-state index is 0.000926. The van der Waals surface area contributed by atoms with Gasteiger partial charge in [-0.05, 0) is 55.5 Å². The predicted octanol–water partition coefficient (Wildman–Crippen LogP) is 3.43. The van der Waals surface area contributed by atoms with Crippen LogP contribution in [0.4, 0.5) is 17.3 Å². The Morgan fingerprint density at radius 2 is 1.66 bits per heavy atom. The molecular formula is C22H23N5O4S. The molecule has 0 aliphatic heterocycles. The number of carbonyl (C=O) groups is 2. The number of rotatable bonds is 7. The fourth-order valence-electron chi connectivity index (χ4n) is 2.62. The van der Waals surface area contributed by atoms with Crippen LogP contribution >= 0.6 is 0 Å². The Bertz CT molecular complexity index is 1240. The number of nitrogens with one attached hydrogen (secondary N) is 3. The van der Waals surface area contributed by atoms with Crippen LogP contribution < -0.4 is 15.4 Å². The molecule has 2 amide bonds. The number of anilines is 3. The van der Waals surface area contributed by atoms with Gasteiger partial charge in [-0.2, -0.15) is 0 Å². The molecule has 3 aromatic rings. The van der Waals surface area contributed by atoms with E-state index < -0.39 is 15.9 Å². The first-order valence-corrected chi connectivity index (χ1v) is 11.3. The van der Waals surface area contributed by atoms with Gasteiger partial charge in [0.2, 0.25) is 11.9 Å². The minimum atomic E-state index is -3.88. The monoisotopic (exact) mass is 453 g/mol. The zero-order valence-corrected chi connectivity index (χ0v) is 18.6. The summed E-state index contributed by atoms with van der Waals surface area (Å²) < 4.78 is 27.4. The second-order valence-corrected chi connectivity index (χ2v) is 9.01. The van der Waals surface area contributed by atoms with Crippen LogP contribution in [0.25, 0.3) is 0 Å². The molecule has 3 rings (SSSR count). The number of sulfonamides is 1. The summed E-state index contributed by atoms with van der Waals surface area (Å²) in [4.78, 5) is 32.3. The molecule has 2 aromatic carbocycles. The number of amides is 2. The Balaban J connectivity index is 1.69. The Labute approximate surface area is 186 Å². The van der Waals surface area contributed by atoms with Crippen molar-refractivity contribution in [2.75, 3.05) is 15.4 Å². The lowest BCUT2D eigenvalue weighted by molar-refractivity contribution is -0.118. The molecule has 0 bridgehead atoms. The quantitative estimate of drug-likeness (QED) is 0.502. The van der Waals surface area contributed by atoms with Gasteiger partial charge in [-0.3, -0.25) is 9.59 Å². The number of hydrogen-bond donors (Lipinski definition) is 3. The molecule has 166 valence electrons. The molecule has 3 N–H and O–H groups in total. The SMILES string of the molecule is Cc1ccnc(NS(=O)(=O)c2ccc(NC(=O)c3cccc(NC(=O)C(C)C)c3)cc2)n1. The summed E-state index contributed by atoms with van der Waals surface area (Å²) in [6, 6.07) is 13.9. The molecule has 0 aliphatic rings. The van der Waals surface area contributed by atoms with Gasteiger partial charge in [-0.15, -0.1) is 0 Å². The van der Waals surface area contributed by atoms with Crippen LogP contribution in [0, 0.1) is 12.8 Å². The van der Waals surface area contributed by atoms with Crippen molar-refractivity contribution in [3.05, 3.63) is 72.1 Å². The Morgan fingerprint density at radius 1 is 0.938 bits per heavy atom. The normalized spacial score (nSPS) is 11.1. The molecule has 0 atom stereocenters. The third kappa shape index (κ3) is 5.88. The molecule has 0 radical (unpaired) electrons. The zero-order chi connectivity index (χ0) is 23.3. The van der Waals surface area contributed by atoms with Crippen molar-refractivity contribution >= 4 is 39.2 Å². The summed E-state index contributed by atoms with van der Waals surface area (Å²) in [5.41, 5.74) is 1.91. The van der Waals surface area contributed by atoms with Crippen molar-refractivity contribution in [2.45, 2.75) is 25.7 Å². The first-order valence-electron chi connectivity index (χ1n) is 9.79. The van der Waals surface area contributed by atoms with Crippen LogP contribution in [0.2, 0.25) is 0 Å². The van der Waals surface area contributed by atoms with Crippen molar-refractivity contribution < 1.29 is 18.0 Å². The van der Waals surface area contributed by atoms with Crippen LogP contribution in [-0.4, -0.2) is 30.2 Å². The fraction of sp³-hybridized carbons (Fsp3) is 0.182. The van der Waals surface area contributed by atoms with Crippen LogP contribution in [0.5, 0.6) is 0 Å². The van der Waals surface area contributed by atoms with Gasteiger partial charge in [-0.1, -0.05) is 19.9 Å². The van der Waals surface area contributed by atoms with Crippen molar-refractivity contribution in [1.82, 2.24) is 9.97 Å². The molecule has 0 aliphatic carbocycles. The average Bonchev–Trinajstić information content (AvgIpc) is 2.74. The lowest BCUT2D eigenvalue weighted by atomic mass is 10.1. The zero-order valence-electron chi connectivity index (χ0n) is 17.8. The molecule has 0 saturated heterocycles. The van der Waals surface area contributed by atoms with E-state index in [1.807, 2.05) is 0 Å². The summed E-state index contributed by atoms with van der Waals surface area (Å²) in [6.45, 7) is 5.28. The second-order valence-electron chi connectivity index (χ2n) is 7.33. The molecule has 1 heterocycles. The molecule has 1 aromatic heterocycles. The number of carbonyl (C=O) groups excluding carboxylic acids is 2. The van der Waals surface area contributed by atoms with Crippen molar-refractivity contribution in [3.8, 4) is 0 Å². The number of nitrogens with zero attached hydrogens (tertiary/aromatic N) is 2. The maximum Gasteiger partial charge on any atom is 0.264 e. The van der Waals surface area contributed by atoms with Gasteiger partial charge in [-0.25, -0.2) is 23.1 Å². The first-order chi connectivity index (χ1) is 15.1. The lowest BCUT2D eigenvalue weighted by Gasteiger charge is -2.10. The summed E-state index contributed by atoms with van der Waals surface area (Å²) in [5.74, 6) is -0.752. The summed E-state index contributed by atoms with van der Waals surface area (Å²) in [5, 5.41) is 5.45. The van der Waals surface area contributed by atoms with Gasteiger partial charge in [0.15, 0.2) is 0 Å². The number of aromatic nitrogens is 2. The van der Waals surface area contributed by atoms with Gasteiger partial charge in [0, 0.05) is 34.7 Å². The van der Waals surface area contributed by atoms with E-state index in [0.29, 0.717) is 22.6 Å².